The largest absolute Gasteiger partial charge is 0.298 e. The van der Waals surface area contributed by atoms with Crippen LogP contribution in [0.1, 0.15) is 39.5 Å². The van der Waals surface area contributed by atoms with E-state index in [2.05, 4.69) is 24.5 Å². The summed E-state index contributed by atoms with van der Waals surface area (Å²) in [5.41, 5.74) is 0.317. The van der Waals surface area contributed by atoms with Gasteiger partial charge in [0.05, 0.1) is 5.66 Å². The van der Waals surface area contributed by atoms with Crippen molar-refractivity contribution in [1.29, 1.82) is 0 Å². The van der Waals surface area contributed by atoms with Gasteiger partial charge < -0.3 is 0 Å². The first kappa shape index (κ1) is 8.52. The smallest absolute Gasteiger partial charge is 0.0692 e. The van der Waals surface area contributed by atoms with Gasteiger partial charge in [-0.15, -0.1) is 0 Å². The van der Waals surface area contributed by atoms with Crippen molar-refractivity contribution in [2.45, 2.75) is 51.2 Å². The second-order valence-corrected chi connectivity index (χ2v) is 4.71. The first-order chi connectivity index (χ1) is 5.70. The van der Waals surface area contributed by atoms with Crippen LogP contribution in [0.15, 0.2) is 0 Å². The lowest BCUT2D eigenvalue weighted by atomic mass is 9.82. The van der Waals surface area contributed by atoms with Crippen LogP contribution in [0.2, 0.25) is 0 Å². The van der Waals surface area contributed by atoms with Crippen LogP contribution in [0.25, 0.3) is 0 Å². The summed E-state index contributed by atoms with van der Waals surface area (Å²) in [6.45, 7) is 5.78. The molecule has 1 heterocycles. The van der Waals surface area contributed by atoms with Gasteiger partial charge in [-0.1, -0.05) is 19.8 Å². The number of hydrogen-bond donors (Lipinski definition) is 2. The molecule has 2 nitrogen and oxygen atoms in total. The molecular formula is C10H20N2. The Bertz CT molecular complexity index is 165. The van der Waals surface area contributed by atoms with E-state index in [1.165, 1.54) is 25.7 Å². The van der Waals surface area contributed by atoms with Crippen LogP contribution in [0.3, 0.4) is 0 Å². The Hall–Kier alpha value is -0.0800. The second-order valence-electron chi connectivity index (χ2n) is 4.71. The Morgan fingerprint density at radius 2 is 2.17 bits per heavy atom. The normalized spacial score (nSPS) is 48.5. The molecule has 0 aromatic carbocycles. The van der Waals surface area contributed by atoms with Crippen molar-refractivity contribution in [2.75, 3.05) is 6.54 Å². The van der Waals surface area contributed by atoms with Crippen molar-refractivity contribution >= 4 is 0 Å². The highest BCUT2D eigenvalue weighted by atomic mass is 15.3. The Kier molecular flexibility index (Phi) is 2.13. The Morgan fingerprint density at radius 3 is 2.75 bits per heavy atom. The molecule has 0 aromatic heterocycles. The fourth-order valence-electron chi connectivity index (χ4n) is 2.77. The van der Waals surface area contributed by atoms with Crippen LogP contribution in [0.5, 0.6) is 0 Å². The molecule has 0 amide bonds. The molecule has 2 aliphatic rings. The van der Waals surface area contributed by atoms with E-state index in [0.717, 1.165) is 12.5 Å². The molecule has 2 rings (SSSR count). The maximum absolute atomic E-state index is 3.69. The molecule has 0 radical (unpaired) electrons. The minimum absolute atomic E-state index is 0.317. The molecule has 0 unspecified atom stereocenters. The topological polar surface area (TPSA) is 24.1 Å². The first-order valence-corrected chi connectivity index (χ1v) is 5.23. The van der Waals surface area contributed by atoms with Gasteiger partial charge in [0.1, 0.15) is 0 Å². The predicted molar refractivity (Wildman–Crippen MR) is 51.0 cm³/mol. The highest BCUT2D eigenvalue weighted by Crippen LogP contribution is 2.32. The third-order valence-electron chi connectivity index (χ3n) is 3.27. The quantitative estimate of drug-likeness (QED) is 0.572. The summed E-state index contributed by atoms with van der Waals surface area (Å²) in [5.74, 6) is 0.893. The number of nitrogens with one attached hydrogen (secondary N) is 2. The summed E-state index contributed by atoms with van der Waals surface area (Å²) in [7, 11) is 0. The van der Waals surface area contributed by atoms with E-state index in [0.29, 0.717) is 11.7 Å². The predicted octanol–water partition coefficient (Wildman–Crippen LogP) is 1.47. The minimum Gasteiger partial charge on any atom is -0.298 e. The summed E-state index contributed by atoms with van der Waals surface area (Å²) >= 11 is 0. The summed E-state index contributed by atoms with van der Waals surface area (Å²) in [4.78, 5) is 0. The zero-order chi connectivity index (χ0) is 8.60. The average Bonchev–Trinajstić information content (AvgIpc) is 2.32. The second kappa shape index (κ2) is 3.00. The van der Waals surface area contributed by atoms with Gasteiger partial charge in [-0.2, -0.15) is 0 Å². The van der Waals surface area contributed by atoms with Crippen molar-refractivity contribution in [3.63, 3.8) is 0 Å². The van der Waals surface area contributed by atoms with Gasteiger partial charge in [0, 0.05) is 12.6 Å². The molecule has 1 aliphatic heterocycles. The van der Waals surface area contributed by atoms with Crippen molar-refractivity contribution in [1.82, 2.24) is 10.6 Å². The maximum atomic E-state index is 3.69. The van der Waals surface area contributed by atoms with E-state index < -0.39 is 0 Å². The first-order valence-electron chi connectivity index (χ1n) is 5.23. The molecule has 2 N–H and O–H groups in total. The lowest BCUT2D eigenvalue weighted by molar-refractivity contribution is 0.183. The molecule has 2 fully saturated rings. The van der Waals surface area contributed by atoms with Crippen molar-refractivity contribution in [2.24, 2.45) is 5.92 Å². The van der Waals surface area contributed by atoms with E-state index in [1.807, 2.05) is 0 Å². The Balaban J connectivity index is 2.00. The highest BCUT2D eigenvalue weighted by molar-refractivity contribution is 4.97. The molecule has 1 spiro atoms. The van der Waals surface area contributed by atoms with Crippen LogP contribution in [0, 0.1) is 5.92 Å². The fraction of sp³-hybridized carbons (Fsp3) is 1.00. The molecule has 1 saturated carbocycles. The molecule has 0 bridgehead atoms. The van der Waals surface area contributed by atoms with Crippen LogP contribution in [-0.2, 0) is 0 Å². The average molecular weight is 168 g/mol. The lowest BCUT2D eigenvalue weighted by Crippen LogP contribution is -2.52. The van der Waals surface area contributed by atoms with E-state index >= 15 is 0 Å². The summed E-state index contributed by atoms with van der Waals surface area (Å²) in [6.07, 6.45) is 5.44. The van der Waals surface area contributed by atoms with Gasteiger partial charge in [-0.3, -0.25) is 10.6 Å². The summed E-state index contributed by atoms with van der Waals surface area (Å²) < 4.78 is 0. The molecule has 1 saturated heterocycles. The van der Waals surface area contributed by atoms with Crippen molar-refractivity contribution < 1.29 is 0 Å². The molecule has 1 aliphatic carbocycles. The van der Waals surface area contributed by atoms with E-state index in [1.54, 1.807) is 0 Å². The molecule has 0 aromatic rings. The van der Waals surface area contributed by atoms with Crippen LogP contribution >= 0.6 is 0 Å². The molecule has 12 heavy (non-hydrogen) atoms. The lowest BCUT2D eigenvalue weighted by Gasteiger charge is -2.37. The zero-order valence-electron chi connectivity index (χ0n) is 8.19. The minimum atomic E-state index is 0.317. The standard InChI is InChI=1S/C10H20N2/c1-8-4-3-5-10(6-8)11-7-9(2)12-10/h8-9,11-12H,3-7H2,1-2H3/t8-,9-,10-/m1/s1. The van der Waals surface area contributed by atoms with E-state index in [9.17, 15) is 0 Å². The summed E-state index contributed by atoms with van der Waals surface area (Å²) in [6, 6.07) is 0.662. The number of hydrogen-bond acceptors (Lipinski definition) is 2. The molecule has 3 atom stereocenters. The molecular weight excluding hydrogens is 148 g/mol. The number of rotatable bonds is 0. The van der Waals surface area contributed by atoms with Crippen LogP contribution in [-0.4, -0.2) is 18.2 Å². The maximum Gasteiger partial charge on any atom is 0.0692 e. The Labute approximate surface area is 75.1 Å². The van der Waals surface area contributed by atoms with Gasteiger partial charge in [0.2, 0.25) is 0 Å². The third kappa shape index (κ3) is 1.50. The van der Waals surface area contributed by atoms with Crippen molar-refractivity contribution in [3.8, 4) is 0 Å². The summed E-state index contributed by atoms with van der Waals surface area (Å²) in [5, 5.41) is 7.33. The van der Waals surface area contributed by atoms with Crippen molar-refractivity contribution in [3.05, 3.63) is 0 Å². The molecule has 2 heteroatoms. The van der Waals surface area contributed by atoms with E-state index in [4.69, 9.17) is 0 Å². The highest BCUT2D eigenvalue weighted by Gasteiger charge is 2.39. The monoisotopic (exact) mass is 168 g/mol. The van der Waals surface area contributed by atoms with Gasteiger partial charge in [0.25, 0.3) is 0 Å². The zero-order valence-corrected chi connectivity index (χ0v) is 8.19. The van der Waals surface area contributed by atoms with Gasteiger partial charge >= 0.3 is 0 Å². The Morgan fingerprint density at radius 1 is 1.33 bits per heavy atom. The van der Waals surface area contributed by atoms with Crippen LogP contribution < -0.4 is 10.6 Å². The SMILES string of the molecule is C[C@@H]1CCC[C@@]2(C1)NC[C@@H](C)N2. The van der Waals surface area contributed by atoms with Crippen LogP contribution in [0.4, 0.5) is 0 Å². The van der Waals surface area contributed by atoms with Gasteiger partial charge in [-0.05, 0) is 25.7 Å². The van der Waals surface area contributed by atoms with Gasteiger partial charge in [0.15, 0.2) is 0 Å². The fourth-order valence-corrected chi connectivity index (χ4v) is 2.77. The van der Waals surface area contributed by atoms with Gasteiger partial charge in [-0.25, -0.2) is 0 Å². The third-order valence-corrected chi connectivity index (χ3v) is 3.27. The van der Waals surface area contributed by atoms with E-state index in [-0.39, 0.29) is 0 Å². The molecule has 70 valence electrons.